The van der Waals surface area contributed by atoms with Gasteiger partial charge < -0.3 is 35.4 Å². The monoisotopic (exact) mass is 600 g/mol. The van der Waals surface area contributed by atoms with Gasteiger partial charge in [-0.25, -0.2) is 4.39 Å². The van der Waals surface area contributed by atoms with Crippen LogP contribution in [-0.4, -0.2) is 88.5 Å². The highest BCUT2D eigenvalue weighted by Gasteiger charge is 2.41. The van der Waals surface area contributed by atoms with Gasteiger partial charge in [0.15, 0.2) is 5.60 Å². The predicted octanol–water partition coefficient (Wildman–Crippen LogP) is 2.13. The highest BCUT2D eigenvalue weighted by molar-refractivity contribution is 6.34. The molecule has 0 spiro atoms. The Morgan fingerprint density at radius 2 is 1.90 bits per heavy atom. The Hall–Kier alpha value is -3.78. The molecular weight excluding hydrogens is 565 g/mol. The van der Waals surface area contributed by atoms with Crippen molar-refractivity contribution in [3.05, 3.63) is 58.4 Å². The molecule has 0 aromatic heterocycles. The summed E-state index contributed by atoms with van der Waals surface area (Å²) in [6.45, 7) is -5.00. The number of carbonyl (C=O) groups is 4. The lowest BCUT2D eigenvalue weighted by Crippen LogP contribution is -2.47. The highest BCUT2D eigenvalue weighted by atomic mass is 35.5. The number of carboxylic acid groups (broad SMARTS) is 2. The summed E-state index contributed by atoms with van der Waals surface area (Å²) in [5.41, 5.74) is -3.03. The van der Waals surface area contributed by atoms with Crippen LogP contribution in [0.15, 0.2) is 36.4 Å². The molecule has 0 bridgehead atoms. The number of hydrogen-bond acceptors (Lipinski definition) is 8. The van der Waals surface area contributed by atoms with E-state index in [4.69, 9.17) is 38.1 Å². The average molecular weight is 601 g/mol. The van der Waals surface area contributed by atoms with Crippen LogP contribution in [-0.2, 0) is 25.7 Å². The van der Waals surface area contributed by atoms with Crippen molar-refractivity contribution in [2.75, 3.05) is 38.1 Å². The molecule has 2 aromatic rings. The fourth-order valence-electron chi connectivity index (χ4n) is 4.13. The van der Waals surface area contributed by atoms with Crippen LogP contribution in [0.3, 0.4) is 0 Å². The smallest absolute Gasteiger partial charge is 0.306 e. The molecule has 1 aliphatic heterocycles. The fourth-order valence-corrected chi connectivity index (χ4v) is 4.34. The summed E-state index contributed by atoms with van der Waals surface area (Å²) in [7, 11) is 0. The van der Waals surface area contributed by atoms with E-state index in [9.17, 15) is 28.7 Å². The number of nitrogens with one attached hydrogen (secondary N) is 2. The fraction of sp³-hybridized carbons (Fsp3) is 0.407. The molecule has 0 aliphatic carbocycles. The molecule has 0 saturated carbocycles. The number of hydrogen-bond donors (Lipinski definition) is 5. The number of morpholine rings is 1. The van der Waals surface area contributed by atoms with E-state index < -0.39 is 83.7 Å². The van der Waals surface area contributed by atoms with Crippen LogP contribution in [0.4, 0.5) is 10.1 Å². The van der Waals surface area contributed by atoms with Crippen molar-refractivity contribution in [2.45, 2.75) is 37.9 Å². The minimum atomic E-state index is -3.36. The normalized spacial score (nSPS) is 18.1. The lowest BCUT2D eigenvalue weighted by Gasteiger charge is -2.33. The van der Waals surface area contributed by atoms with E-state index in [2.05, 4.69) is 5.32 Å². The SMILES string of the molecule is [2H]C([2H])([2H])C([2H])([2H])Oc1cc(NC(=O)C(O)(CC(=O)O)CC(=O)O)c(Cl)cc1C(=O)NCC1CN(Cc2ccc(F)cc2)CCO1. The summed E-state index contributed by atoms with van der Waals surface area (Å²) in [4.78, 5) is 50.5. The van der Waals surface area contributed by atoms with Crippen LogP contribution in [0.25, 0.3) is 0 Å². The van der Waals surface area contributed by atoms with Crippen LogP contribution < -0.4 is 15.4 Å². The third kappa shape index (κ3) is 9.11. The number of amides is 2. The number of anilines is 1. The number of benzene rings is 2. The van der Waals surface area contributed by atoms with E-state index in [1.165, 1.54) is 12.1 Å². The molecule has 1 fully saturated rings. The standard InChI is InChI=1S/C27H31ClFN3O9/c1-2-40-22-10-21(31-26(38)27(39,11-23(33)34)12-24(35)36)20(28)9-19(22)25(37)30-13-18-15-32(7-8-41-18)14-16-3-5-17(29)6-4-16/h3-6,9-10,18,39H,2,7-8,11-15H2,1H3,(H,30,37)(H,31,38)(H,33,34)(H,35,36)/i1D3,2D2. The molecule has 1 aliphatic rings. The largest absolute Gasteiger partial charge is 0.493 e. The van der Waals surface area contributed by atoms with Gasteiger partial charge in [0.05, 0.1) is 51.1 Å². The van der Waals surface area contributed by atoms with Gasteiger partial charge >= 0.3 is 11.9 Å². The summed E-state index contributed by atoms with van der Waals surface area (Å²) in [6.07, 6.45) is -3.12. The number of nitrogens with zero attached hydrogens (tertiary/aromatic N) is 1. The van der Waals surface area contributed by atoms with Crippen molar-refractivity contribution < 1.29 is 55.2 Å². The van der Waals surface area contributed by atoms with Crippen molar-refractivity contribution in [3.8, 4) is 5.75 Å². The molecule has 5 N–H and O–H groups in total. The number of aliphatic carboxylic acids is 2. The van der Waals surface area contributed by atoms with Crippen LogP contribution in [0, 0.1) is 5.82 Å². The molecule has 2 aromatic carbocycles. The number of carbonyl (C=O) groups excluding carboxylic acids is 2. The second-order valence-electron chi connectivity index (χ2n) is 9.22. The Balaban J connectivity index is 1.83. The summed E-state index contributed by atoms with van der Waals surface area (Å²) in [5, 5.41) is 32.9. The first-order valence-electron chi connectivity index (χ1n) is 14.7. The van der Waals surface area contributed by atoms with Crippen LogP contribution in [0.1, 0.15) is 42.5 Å². The molecular formula is C27H31ClFN3O9. The van der Waals surface area contributed by atoms with Crippen molar-refractivity contribution in [1.82, 2.24) is 10.2 Å². The number of carboxylic acids is 2. The first-order chi connectivity index (χ1) is 21.3. The van der Waals surface area contributed by atoms with Crippen molar-refractivity contribution >= 4 is 41.0 Å². The van der Waals surface area contributed by atoms with E-state index in [0.29, 0.717) is 26.2 Å². The van der Waals surface area contributed by atoms with Gasteiger partial charge in [0.2, 0.25) is 0 Å². The van der Waals surface area contributed by atoms with Crippen molar-refractivity contribution in [2.24, 2.45) is 0 Å². The third-order valence-electron chi connectivity index (χ3n) is 6.07. The average Bonchev–Trinajstić information content (AvgIpc) is 2.93. The first kappa shape index (κ1) is 25.0. The van der Waals surface area contributed by atoms with E-state index in [1.54, 1.807) is 12.1 Å². The minimum Gasteiger partial charge on any atom is -0.493 e. The summed E-state index contributed by atoms with van der Waals surface area (Å²) in [5.74, 6) is -6.89. The Morgan fingerprint density at radius 1 is 1.22 bits per heavy atom. The number of aliphatic hydroxyl groups is 1. The van der Waals surface area contributed by atoms with Crippen molar-refractivity contribution in [3.63, 3.8) is 0 Å². The topological polar surface area (TPSA) is 175 Å². The Kier molecular flexibility index (Phi) is 8.66. The number of ether oxygens (including phenoxy) is 2. The number of rotatable bonds is 13. The zero-order valence-corrected chi connectivity index (χ0v) is 22.2. The highest BCUT2D eigenvalue weighted by Crippen LogP contribution is 2.32. The maximum Gasteiger partial charge on any atom is 0.306 e. The molecule has 0 radical (unpaired) electrons. The second-order valence-corrected chi connectivity index (χ2v) is 9.63. The van der Waals surface area contributed by atoms with Crippen molar-refractivity contribution in [1.29, 1.82) is 0 Å². The minimum absolute atomic E-state index is 0.0577. The Labute approximate surface area is 247 Å². The molecule has 222 valence electrons. The van der Waals surface area contributed by atoms with Crippen LogP contribution >= 0.6 is 11.6 Å². The molecule has 41 heavy (non-hydrogen) atoms. The predicted molar refractivity (Wildman–Crippen MR) is 144 cm³/mol. The molecule has 1 atom stereocenters. The van der Waals surface area contributed by atoms with E-state index >= 15 is 0 Å². The van der Waals surface area contributed by atoms with Gasteiger partial charge in [0.1, 0.15) is 11.6 Å². The Morgan fingerprint density at radius 3 is 2.54 bits per heavy atom. The number of halogens is 2. The quantitative estimate of drug-likeness (QED) is 0.229. The van der Waals surface area contributed by atoms with E-state index in [-0.39, 0.29) is 12.4 Å². The maximum absolute atomic E-state index is 13.3. The van der Waals surface area contributed by atoms with Crippen LogP contribution in [0.2, 0.25) is 5.02 Å². The lowest BCUT2D eigenvalue weighted by molar-refractivity contribution is -0.156. The Bertz CT molecular complexity index is 1450. The third-order valence-corrected chi connectivity index (χ3v) is 6.38. The van der Waals surface area contributed by atoms with Gasteiger partial charge in [-0.1, -0.05) is 23.7 Å². The molecule has 3 rings (SSSR count). The zero-order valence-electron chi connectivity index (χ0n) is 26.5. The molecule has 1 heterocycles. The van der Waals surface area contributed by atoms with Gasteiger partial charge in [0, 0.05) is 36.4 Å². The maximum atomic E-state index is 13.3. The van der Waals surface area contributed by atoms with E-state index in [1.807, 2.05) is 10.2 Å². The molecule has 14 heteroatoms. The molecule has 2 amide bonds. The first-order valence-corrected chi connectivity index (χ1v) is 12.5. The lowest BCUT2D eigenvalue weighted by atomic mass is 9.94. The van der Waals surface area contributed by atoms with Crippen LogP contribution in [0.5, 0.6) is 5.75 Å². The second kappa shape index (κ2) is 14.2. The summed E-state index contributed by atoms with van der Waals surface area (Å²) >= 11 is 6.24. The molecule has 1 unspecified atom stereocenters. The van der Waals surface area contributed by atoms with Gasteiger partial charge in [-0.2, -0.15) is 0 Å². The summed E-state index contributed by atoms with van der Waals surface area (Å²) < 4.78 is 62.2. The summed E-state index contributed by atoms with van der Waals surface area (Å²) in [6, 6.07) is 7.67. The van der Waals surface area contributed by atoms with Gasteiger partial charge in [-0.3, -0.25) is 24.1 Å². The molecule has 1 saturated heterocycles. The van der Waals surface area contributed by atoms with E-state index in [0.717, 1.165) is 17.7 Å². The van der Waals surface area contributed by atoms with Gasteiger partial charge in [0.25, 0.3) is 11.8 Å². The van der Waals surface area contributed by atoms with Gasteiger partial charge in [-0.05, 0) is 30.6 Å². The zero-order chi connectivity index (χ0) is 34.4. The molecule has 12 nitrogen and oxygen atoms in total. The van der Waals surface area contributed by atoms with Gasteiger partial charge in [-0.15, -0.1) is 0 Å².